The van der Waals surface area contributed by atoms with E-state index in [0.29, 0.717) is 30.0 Å². The van der Waals surface area contributed by atoms with Gasteiger partial charge in [-0.1, -0.05) is 25.7 Å². The van der Waals surface area contributed by atoms with Gasteiger partial charge in [-0.05, 0) is 88.0 Å². The Balaban J connectivity index is 1.90. The zero-order valence-electron chi connectivity index (χ0n) is 16.9. The molecule has 3 saturated carbocycles. The molecule has 3 aliphatic carbocycles. The van der Waals surface area contributed by atoms with Gasteiger partial charge >= 0.3 is 5.97 Å². The summed E-state index contributed by atoms with van der Waals surface area (Å²) in [6, 6.07) is 0. The lowest BCUT2D eigenvalue weighted by molar-refractivity contribution is -0.151. The molecular weight excluding hydrogens is 324 g/mol. The second-order valence-corrected chi connectivity index (χ2v) is 9.52. The number of hydrogen-bond donors (Lipinski definition) is 0. The van der Waals surface area contributed by atoms with Crippen molar-refractivity contribution in [3.63, 3.8) is 0 Å². The van der Waals surface area contributed by atoms with Crippen molar-refractivity contribution in [2.45, 2.75) is 78.7 Å². The number of carbonyl (C=O) groups excluding carboxylic acids is 2. The number of ether oxygens (including phenoxy) is 1. The first-order chi connectivity index (χ1) is 12.1. The number of ketones is 1. The highest BCUT2D eigenvalue weighted by Crippen LogP contribution is 2.67. The minimum Gasteiger partial charge on any atom is -0.463 e. The molecule has 5 atom stereocenters. The number of Topliss-reactive ketones (excluding diaryl/α,β-unsaturated/α-hetero) is 1. The Hall–Kier alpha value is -1.38. The zero-order chi connectivity index (χ0) is 19.3. The minimum atomic E-state index is -0.233. The van der Waals surface area contributed by atoms with E-state index in [4.69, 9.17) is 4.74 Å². The van der Waals surface area contributed by atoms with Crippen molar-refractivity contribution in [1.29, 1.82) is 0 Å². The number of esters is 1. The van der Waals surface area contributed by atoms with Crippen LogP contribution in [0, 0.1) is 28.6 Å². The van der Waals surface area contributed by atoms with Crippen LogP contribution < -0.4 is 0 Å². The van der Waals surface area contributed by atoms with Gasteiger partial charge in [0.05, 0.1) is 6.10 Å². The molecular formula is C23H34O3. The first-order valence-electron chi connectivity index (χ1n) is 10.2. The van der Waals surface area contributed by atoms with Gasteiger partial charge in [0.25, 0.3) is 0 Å². The second kappa shape index (κ2) is 6.65. The second-order valence-electron chi connectivity index (χ2n) is 9.52. The molecule has 1 spiro atoms. The minimum absolute atomic E-state index is 0.0780. The van der Waals surface area contributed by atoms with Crippen LogP contribution >= 0.6 is 0 Å². The van der Waals surface area contributed by atoms with Crippen LogP contribution in [-0.2, 0) is 14.3 Å². The molecule has 0 radical (unpaired) electrons. The number of fused-ring (bicyclic) bond motifs is 1. The smallest absolute Gasteiger partial charge is 0.306 e. The van der Waals surface area contributed by atoms with Crippen LogP contribution in [0.15, 0.2) is 24.3 Å². The summed E-state index contributed by atoms with van der Waals surface area (Å²) in [5.41, 5.74) is 1.74. The third-order valence-electron chi connectivity index (χ3n) is 7.62. The Labute approximate surface area is 158 Å². The van der Waals surface area contributed by atoms with Crippen molar-refractivity contribution in [3.8, 4) is 0 Å². The summed E-state index contributed by atoms with van der Waals surface area (Å²) in [5, 5.41) is 0. The van der Waals surface area contributed by atoms with E-state index < -0.39 is 0 Å². The lowest BCUT2D eigenvalue weighted by atomic mass is 9.46. The maximum absolute atomic E-state index is 13.2. The molecule has 0 saturated heterocycles. The van der Waals surface area contributed by atoms with Crippen LogP contribution in [0.3, 0.4) is 0 Å². The fourth-order valence-electron chi connectivity index (χ4n) is 6.56. The highest BCUT2D eigenvalue weighted by Gasteiger charge is 2.64. The molecule has 0 aromatic heterocycles. The highest BCUT2D eigenvalue weighted by atomic mass is 16.5. The van der Waals surface area contributed by atoms with Gasteiger partial charge < -0.3 is 4.74 Å². The molecule has 0 aromatic carbocycles. The molecule has 3 aliphatic rings. The van der Waals surface area contributed by atoms with E-state index in [0.717, 1.165) is 44.1 Å². The van der Waals surface area contributed by atoms with Crippen molar-refractivity contribution >= 4 is 11.8 Å². The van der Waals surface area contributed by atoms with E-state index in [9.17, 15) is 9.59 Å². The molecule has 0 N–H and O–H groups in total. The van der Waals surface area contributed by atoms with Crippen molar-refractivity contribution in [2.24, 2.45) is 28.6 Å². The fraction of sp³-hybridized carbons (Fsp3) is 0.739. The van der Waals surface area contributed by atoms with Crippen LogP contribution in [-0.4, -0.2) is 17.9 Å². The van der Waals surface area contributed by atoms with Gasteiger partial charge in [-0.2, -0.15) is 0 Å². The standard InChI is InChI=1S/C23H34O3/c1-14(2)18-9-12-23-13-17(16(5)21(23)25)7-8-19(23)22(18,6)11-10-20(24)26-15(3)4/h15,17-19H,1,5,7-13H2,2-4,6H3/t17-,18+,19-,22+,23+/m0/s1. The average molecular weight is 359 g/mol. The molecule has 3 nitrogen and oxygen atoms in total. The Morgan fingerprint density at radius 2 is 2.00 bits per heavy atom. The van der Waals surface area contributed by atoms with Crippen LogP contribution in [0.4, 0.5) is 0 Å². The quantitative estimate of drug-likeness (QED) is 0.383. The molecule has 144 valence electrons. The van der Waals surface area contributed by atoms with E-state index >= 15 is 0 Å². The number of rotatable bonds is 5. The molecule has 3 rings (SSSR count). The van der Waals surface area contributed by atoms with Gasteiger partial charge in [0.1, 0.15) is 0 Å². The fourth-order valence-corrected chi connectivity index (χ4v) is 6.56. The Morgan fingerprint density at radius 3 is 2.62 bits per heavy atom. The van der Waals surface area contributed by atoms with Crippen LogP contribution in [0.25, 0.3) is 0 Å². The number of carbonyl (C=O) groups is 2. The van der Waals surface area contributed by atoms with E-state index in [-0.39, 0.29) is 22.9 Å². The molecule has 0 heterocycles. The summed E-state index contributed by atoms with van der Waals surface area (Å²) in [6.07, 6.45) is 6.16. The van der Waals surface area contributed by atoms with Gasteiger partial charge in [0.2, 0.25) is 0 Å². The predicted molar refractivity (Wildman–Crippen MR) is 104 cm³/mol. The lowest BCUT2D eigenvalue weighted by Gasteiger charge is -2.57. The Morgan fingerprint density at radius 1 is 1.31 bits per heavy atom. The summed E-state index contributed by atoms with van der Waals surface area (Å²) in [4.78, 5) is 25.4. The van der Waals surface area contributed by atoms with Crippen molar-refractivity contribution in [3.05, 3.63) is 24.3 Å². The summed E-state index contributed by atoms with van der Waals surface area (Å²) in [6.45, 7) is 16.6. The molecule has 0 unspecified atom stereocenters. The maximum Gasteiger partial charge on any atom is 0.306 e. The third kappa shape index (κ3) is 2.88. The molecule has 0 aliphatic heterocycles. The molecule has 2 bridgehead atoms. The summed E-state index contributed by atoms with van der Waals surface area (Å²) in [7, 11) is 0. The van der Waals surface area contributed by atoms with Crippen LogP contribution in [0.5, 0.6) is 0 Å². The lowest BCUT2D eigenvalue weighted by Crippen LogP contribution is -2.53. The largest absolute Gasteiger partial charge is 0.463 e. The van der Waals surface area contributed by atoms with Crippen LogP contribution in [0.1, 0.15) is 72.6 Å². The normalized spacial score (nSPS) is 39.0. The van der Waals surface area contributed by atoms with Crippen LogP contribution in [0.2, 0.25) is 0 Å². The monoisotopic (exact) mass is 358 g/mol. The maximum atomic E-state index is 13.2. The van der Waals surface area contributed by atoms with Gasteiger partial charge in [0, 0.05) is 11.8 Å². The third-order valence-corrected chi connectivity index (χ3v) is 7.62. The topological polar surface area (TPSA) is 43.4 Å². The summed E-state index contributed by atoms with van der Waals surface area (Å²) in [5.74, 6) is 1.26. The van der Waals surface area contributed by atoms with E-state index in [2.05, 4.69) is 27.0 Å². The van der Waals surface area contributed by atoms with E-state index in [1.807, 2.05) is 13.8 Å². The Kier molecular flexibility index (Phi) is 4.96. The molecule has 0 amide bonds. The van der Waals surface area contributed by atoms with Crippen molar-refractivity contribution in [1.82, 2.24) is 0 Å². The molecule has 3 fully saturated rings. The molecule has 26 heavy (non-hydrogen) atoms. The summed E-state index contributed by atoms with van der Waals surface area (Å²) < 4.78 is 5.37. The molecule has 0 aromatic rings. The van der Waals surface area contributed by atoms with E-state index in [1.165, 1.54) is 5.57 Å². The van der Waals surface area contributed by atoms with E-state index in [1.54, 1.807) is 0 Å². The predicted octanol–water partition coefficient (Wildman–Crippen LogP) is 5.25. The number of hydrogen-bond acceptors (Lipinski definition) is 3. The number of allylic oxidation sites excluding steroid dienone is 2. The van der Waals surface area contributed by atoms with Crippen molar-refractivity contribution < 1.29 is 14.3 Å². The SMILES string of the molecule is C=C1C(=O)[C@@]23CC[C@H](C(=C)C)[C@@](C)(CCC(=O)OC(C)C)[C@@H]2CC[C@H]1C3. The molecule has 3 heteroatoms. The highest BCUT2D eigenvalue weighted by molar-refractivity contribution is 6.03. The first kappa shape index (κ1) is 19.4. The summed E-state index contributed by atoms with van der Waals surface area (Å²) >= 11 is 0. The first-order valence-corrected chi connectivity index (χ1v) is 10.2. The van der Waals surface area contributed by atoms with Gasteiger partial charge in [0.15, 0.2) is 5.78 Å². The van der Waals surface area contributed by atoms with Crippen molar-refractivity contribution in [2.75, 3.05) is 0 Å². The van der Waals surface area contributed by atoms with Gasteiger partial charge in [-0.25, -0.2) is 0 Å². The average Bonchev–Trinajstić information content (AvgIpc) is 2.73. The van der Waals surface area contributed by atoms with Gasteiger partial charge in [-0.15, -0.1) is 0 Å². The Bertz CT molecular complexity index is 646. The zero-order valence-corrected chi connectivity index (χ0v) is 16.9. The van der Waals surface area contributed by atoms with Gasteiger partial charge in [-0.3, -0.25) is 9.59 Å².